The van der Waals surface area contributed by atoms with Crippen LogP contribution in [0.3, 0.4) is 0 Å². The van der Waals surface area contributed by atoms with Crippen molar-refractivity contribution in [1.82, 2.24) is 0 Å². The molecule has 0 heterocycles. The molecule has 0 aliphatic heterocycles. The molecular weight excluding hydrogens is 340 g/mol. The molecule has 2 aromatic rings. The molecule has 26 heavy (non-hydrogen) atoms. The Morgan fingerprint density at radius 2 is 1.62 bits per heavy atom. The molecule has 2 aromatic carbocycles. The van der Waals surface area contributed by atoms with Gasteiger partial charge < -0.3 is 14.8 Å². The number of anilines is 1. The molecule has 140 valence electrons. The molecule has 1 N–H and O–H groups in total. The summed E-state index contributed by atoms with van der Waals surface area (Å²) in [7, 11) is 0. The van der Waals surface area contributed by atoms with Crippen LogP contribution in [-0.4, -0.2) is 18.6 Å². The van der Waals surface area contributed by atoms with Crippen LogP contribution in [0.25, 0.3) is 0 Å². The number of nitrogens with one attached hydrogen (secondary N) is 1. The van der Waals surface area contributed by atoms with Gasteiger partial charge in [0.1, 0.15) is 11.5 Å². The highest BCUT2D eigenvalue weighted by Crippen LogP contribution is 2.27. The summed E-state index contributed by atoms with van der Waals surface area (Å²) in [6.45, 7) is 4.94. The minimum Gasteiger partial charge on any atom is -0.481 e. The van der Waals surface area contributed by atoms with Crippen molar-refractivity contribution in [1.29, 1.82) is 0 Å². The molecule has 0 saturated carbocycles. The molecule has 6 heteroatoms. The lowest BCUT2D eigenvalue weighted by Crippen LogP contribution is -2.30. The molecule has 1 unspecified atom stereocenters. The van der Waals surface area contributed by atoms with Crippen LogP contribution in [0.4, 0.5) is 14.5 Å². The number of ether oxygens (including phenoxy) is 2. The molecular formula is C20H23F2NO3. The topological polar surface area (TPSA) is 47.6 Å². The zero-order valence-corrected chi connectivity index (χ0v) is 15.3. The molecule has 0 aliphatic rings. The van der Waals surface area contributed by atoms with E-state index in [4.69, 9.17) is 4.74 Å². The quantitative estimate of drug-likeness (QED) is 0.786. The Balaban J connectivity index is 2.02. The summed E-state index contributed by atoms with van der Waals surface area (Å²) in [5.41, 5.74) is 1.34. The first kappa shape index (κ1) is 19.7. The summed E-state index contributed by atoms with van der Waals surface area (Å²) in [4.78, 5) is 12.3. The minimum absolute atomic E-state index is 0.0237. The summed E-state index contributed by atoms with van der Waals surface area (Å²) in [5.74, 6) is -0.00874. The minimum atomic E-state index is -2.97. The Morgan fingerprint density at radius 3 is 2.19 bits per heavy atom. The lowest BCUT2D eigenvalue weighted by Gasteiger charge is -2.20. The number of hydrogen-bond donors (Lipinski definition) is 1. The van der Waals surface area contributed by atoms with Gasteiger partial charge in [-0.1, -0.05) is 45.0 Å². The van der Waals surface area contributed by atoms with Gasteiger partial charge in [0.15, 0.2) is 6.10 Å². The maximum Gasteiger partial charge on any atom is 0.387 e. The van der Waals surface area contributed by atoms with Crippen molar-refractivity contribution in [2.24, 2.45) is 0 Å². The van der Waals surface area contributed by atoms with E-state index in [-0.39, 0.29) is 16.9 Å². The van der Waals surface area contributed by atoms with E-state index >= 15 is 0 Å². The van der Waals surface area contributed by atoms with Crippen LogP contribution in [0.15, 0.2) is 48.5 Å². The first-order valence-electron chi connectivity index (χ1n) is 8.28. The van der Waals surface area contributed by atoms with Crippen molar-refractivity contribution in [3.05, 3.63) is 54.1 Å². The fourth-order valence-electron chi connectivity index (χ4n) is 2.29. The van der Waals surface area contributed by atoms with E-state index in [1.165, 1.54) is 12.1 Å². The second kappa shape index (κ2) is 8.17. The van der Waals surface area contributed by atoms with Gasteiger partial charge in [0.05, 0.1) is 5.69 Å². The number of rotatable bonds is 6. The second-order valence-electron chi connectivity index (χ2n) is 6.90. The molecule has 0 fully saturated rings. The molecule has 0 saturated heterocycles. The van der Waals surface area contributed by atoms with Crippen LogP contribution in [0, 0.1) is 0 Å². The zero-order valence-electron chi connectivity index (χ0n) is 15.3. The van der Waals surface area contributed by atoms with Crippen molar-refractivity contribution < 1.29 is 23.0 Å². The summed E-state index contributed by atoms with van der Waals surface area (Å²) < 4.78 is 34.9. The van der Waals surface area contributed by atoms with Crippen LogP contribution in [0.2, 0.25) is 0 Å². The van der Waals surface area contributed by atoms with Crippen LogP contribution in [0.1, 0.15) is 33.3 Å². The predicted octanol–water partition coefficient (Wildman–Crippen LogP) is 4.99. The van der Waals surface area contributed by atoms with Gasteiger partial charge in [0, 0.05) is 0 Å². The highest BCUT2D eigenvalue weighted by atomic mass is 19.3. The average molecular weight is 363 g/mol. The van der Waals surface area contributed by atoms with Crippen molar-refractivity contribution >= 4 is 11.6 Å². The number of alkyl halides is 2. The maximum absolute atomic E-state index is 12.4. The molecule has 0 radical (unpaired) electrons. The maximum atomic E-state index is 12.4. The number of amides is 1. The molecule has 2 rings (SSSR count). The second-order valence-corrected chi connectivity index (χ2v) is 6.90. The number of carbonyl (C=O) groups excluding carboxylic acids is 1. The van der Waals surface area contributed by atoms with Gasteiger partial charge in [-0.15, -0.1) is 0 Å². The molecule has 4 nitrogen and oxygen atoms in total. The summed E-state index contributed by atoms with van der Waals surface area (Å²) in [5, 5.41) is 2.55. The van der Waals surface area contributed by atoms with Gasteiger partial charge in [-0.2, -0.15) is 8.78 Å². The summed E-state index contributed by atoms with van der Waals surface area (Å²) in [6, 6.07) is 13.5. The van der Waals surface area contributed by atoms with E-state index < -0.39 is 18.6 Å². The molecule has 0 bridgehead atoms. The standard InChI is InChI=1S/C20H23F2NO3/c1-13(25-15-11-9-14(10-12-15)20(2,3)4)18(24)23-16-7-5-6-8-17(16)26-19(21)22/h5-13,19H,1-4H3,(H,23,24). The van der Waals surface area contributed by atoms with E-state index in [0.29, 0.717) is 5.75 Å². The van der Waals surface area contributed by atoms with Crippen LogP contribution in [0.5, 0.6) is 11.5 Å². The number of carbonyl (C=O) groups is 1. The first-order chi connectivity index (χ1) is 12.2. The van der Waals surface area contributed by atoms with E-state index in [0.717, 1.165) is 5.56 Å². The summed E-state index contributed by atoms with van der Waals surface area (Å²) in [6.07, 6.45) is -0.810. The normalized spacial score (nSPS) is 12.6. The highest BCUT2D eigenvalue weighted by Gasteiger charge is 2.18. The van der Waals surface area contributed by atoms with Gasteiger partial charge in [0.25, 0.3) is 5.91 Å². The third kappa shape index (κ3) is 5.44. The lowest BCUT2D eigenvalue weighted by atomic mass is 9.87. The smallest absolute Gasteiger partial charge is 0.387 e. The van der Waals surface area contributed by atoms with Crippen molar-refractivity contribution in [3.8, 4) is 11.5 Å². The Kier molecular flexibility index (Phi) is 6.18. The van der Waals surface area contributed by atoms with Crippen LogP contribution >= 0.6 is 0 Å². The fraction of sp³-hybridized carbons (Fsp3) is 0.350. The van der Waals surface area contributed by atoms with E-state index in [1.807, 2.05) is 12.1 Å². The molecule has 0 aromatic heterocycles. The Labute approximate surface area is 152 Å². The largest absolute Gasteiger partial charge is 0.481 e. The van der Waals surface area contributed by atoms with Gasteiger partial charge in [-0.3, -0.25) is 4.79 Å². The van der Waals surface area contributed by atoms with Gasteiger partial charge in [-0.05, 0) is 42.2 Å². The van der Waals surface area contributed by atoms with Crippen LogP contribution in [-0.2, 0) is 10.2 Å². The van der Waals surface area contributed by atoms with Crippen LogP contribution < -0.4 is 14.8 Å². The Bertz CT molecular complexity index is 739. The van der Waals surface area contributed by atoms with Gasteiger partial charge in [-0.25, -0.2) is 0 Å². The number of para-hydroxylation sites is 2. The first-order valence-corrected chi connectivity index (χ1v) is 8.28. The van der Waals surface area contributed by atoms with Crippen molar-refractivity contribution in [2.75, 3.05) is 5.32 Å². The lowest BCUT2D eigenvalue weighted by molar-refractivity contribution is -0.122. The monoisotopic (exact) mass is 363 g/mol. The number of hydrogen-bond acceptors (Lipinski definition) is 3. The van der Waals surface area contributed by atoms with E-state index in [2.05, 4.69) is 30.8 Å². The summed E-state index contributed by atoms with van der Waals surface area (Å²) >= 11 is 0. The molecule has 1 amide bonds. The Hall–Kier alpha value is -2.63. The van der Waals surface area contributed by atoms with E-state index in [1.54, 1.807) is 31.2 Å². The third-order valence-electron chi connectivity index (χ3n) is 3.76. The molecule has 0 aliphatic carbocycles. The zero-order chi connectivity index (χ0) is 19.3. The van der Waals surface area contributed by atoms with Gasteiger partial charge in [0.2, 0.25) is 0 Å². The van der Waals surface area contributed by atoms with Crippen molar-refractivity contribution in [2.45, 2.75) is 45.8 Å². The molecule has 1 atom stereocenters. The SMILES string of the molecule is CC(Oc1ccc(C(C)(C)C)cc1)C(=O)Nc1ccccc1OC(F)F. The number of benzene rings is 2. The number of halogens is 2. The Morgan fingerprint density at radius 1 is 1.00 bits per heavy atom. The predicted molar refractivity (Wildman–Crippen MR) is 96.9 cm³/mol. The average Bonchev–Trinajstić information content (AvgIpc) is 2.55. The fourth-order valence-corrected chi connectivity index (χ4v) is 2.29. The highest BCUT2D eigenvalue weighted by molar-refractivity contribution is 5.95. The molecule has 0 spiro atoms. The van der Waals surface area contributed by atoms with Gasteiger partial charge >= 0.3 is 6.61 Å². The van der Waals surface area contributed by atoms with E-state index in [9.17, 15) is 13.6 Å². The third-order valence-corrected chi connectivity index (χ3v) is 3.76. The van der Waals surface area contributed by atoms with Crippen molar-refractivity contribution in [3.63, 3.8) is 0 Å².